The standard InChI is InChI=1S/C18H27ClN4O2.HI/c1-3-25-18(24)23-16(14-6-7-14)12-22-17(20-2)21-11-10-13-4-8-15(19)9-5-13;/h4-5,8-9,14,16H,3,6-7,10-12H2,1-2H3,(H,23,24)(H2,20,21,22);1H. The van der Waals surface area contributed by atoms with Gasteiger partial charge in [0.15, 0.2) is 5.96 Å². The van der Waals surface area contributed by atoms with Crippen molar-refractivity contribution in [1.82, 2.24) is 16.0 Å². The van der Waals surface area contributed by atoms with Crippen molar-refractivity contribution in [2.75, 3.05) is 26.7 Å². The van der Waals surface area contributed by atoms with E-state index in [9.17, 15) is 4.79 Å². The number of guanidine groups is 1. The first-order valence-corrected chi connectivity index (χ1v) is 9.12. The lowest BCUT2D eigenvalue weighted by Gasteiger charge is -2.20. The van der Waals surface area contributed by atoms with Crippen molar-refractivity contribution in [2.24, 2.45) is 10.9 Å². The van der Waals surface area contributed by atoms with Gasteiger partial charge in [-0.3, -0.25) is 4.99 Å². The number of carbonyl (C=O) groups is 1. The van der Waals surface area contributed by atoms with Gasteiger partial charge in [0.1, 0.15) is 0 Å². The molecule has 1 aliphatic carbocycles. The Morgan fingerprint density at radius 2 is 2.00 bits per heavy atom. The Kier molecular flexibility index (Phi) is 10.7. The lowest BCUT2D eigenvalue weighted by Crippen LogP contribution is -2.48. The van der Waals surface area contributed by atoms with Crippen LogP contribution in [0.25, 0.3) is 0 Å². The van der Waals surface area contributed by atoms with E-state index < -0.39 is 0 Å². The van der Waals surface area contributed by atoms with Crippen LogP contribution < -0.4 is 16.0 Å². The summed E-state index contributed by atoms with van der Waals surface area (Å²) in [7, 11) is 1.74. The summed E-state index contributed by atoms with van der Waals surface area (Å²) in [5.74, 6) is 1.24. The summed E-state index contributed by atoms with van der Waals surface area (Å²) in [5.41, 5.74) is 1.21. The van der Waals surface area contributed by atoms with Gasteiger partial charge in [-0.1, -0.05) is 23.7 Å². The fourth-order valence-electron chi connectivity index (χ4n) is 2.56. The Balaban J connectivity index is 0.00000338. The zero-order valence-electron chi connectivity index (χ0n) is 15.3. The first-order valence-electron chi connectivity index (χ1n) is 8.74. The van der Waals surface area contributed by atoms with Gasteiger partial charge in [-0.2, -0.15) is 0 Å². The molecule has 146 valence electrons. The molecule has 0 heterocycles. The third kappa shape index (κ3) is 8.44. The Morgan fingerprint density at radius 1 is 1.31 bits per heavy atom. The quantitative estimate of drug-likeness (QED) is 0.295. The second kappa shape index (κ2) is 12.2. The monoisotopic (exact) mass is 494 g/mol. The Hall–Kier alpha value is -1.22. The van der Waals surface area contributed by atoms with E-state index in [1.807, 2.05) is 24.3 Å². The number of benzene rings is 1. The second-order valence-electron chi connectivity index (χ2n) is 6.07. The summed E-state index contributed by atoms with van der Waals surface area (Å²) in [6, 6.07) is 7.89. The molecule has 1 atom stereocenters. The highest BCUT2D eigenvalue weighted by atomic mass is 127. The predicted molar refractivity (Wildman–Crippen MR) is 117 cm³/mol. The maximum Gasteiger partial charge on any atom is 0.407 e. The third-order valence-corrected chi connectivity index (χ3v) is 4.35. The Bertz CT molecular complexity index is 579. The van der Waals surface area contributed by atoms with Crippen molar-refractivity contribution in [3.63, 3.8) is 0 Å². The van der Waals surface area contributed by atoms with Crippen LogP contribution in [-0.2, 0) is 11.2 Å². The second-order valence-corrected chi connectivity index (χ2v) is 6.50. The highest BCUT2D eigenvalue weighted by Gasteiger charge is 2.32. The molecule has 1 unspecified atom stereocenters. The zero-order chi connectivity index (χ0) is 18.1. The smallest absolute Gasteiger partial charge is 0.407 e. The molecular formula is C18H28ClIN4O2. The van der Waals surface area contributed by atoms with Crippen molar-refractivity contribution >= 4 is 47.6 Å². The van der Waals surface area contributed by atoms with Crippen LogP contribution in [0.15, 0.2) is 29.3 Å². The largest absolute Gasteiger partial charge is 0.450 e. The minimum atomic E-state index is -0.355. The summed E-state index contributed by atoms with van der Waals surface area (Å²) in [6.07, 6.45) is 2.81. The predicted octanol–water partition coefficient (Wildman–Crippen LogP) is 3.19. The van der Waals surface area contributed by atoms with E-state index in [0.29, 0.717) is 19.1 Å². The van der Waals surface area contributed by atoms with Crippen LogP contribution in [0.1, 0.15) is 25.3 Å². The minimum absolute atomic E-state index is 0. The van der Waals surface area contributed by atoms with Crippen LogP contribution in [0.4, 0.5) is 4.79 Å². The van der Waals surface area contributed by atoms with E-state index in [1.165, 1.54) is 5.56 Å². The van der Waals surface area contributed by atoms with Crippen LogP contribution in [0.3, 0.4) is 0 Å². The van der Waals surface area contributed by atoms with E-state index in [4.69, 9.17) is 16.3 Å². The van der Waals surface area contributed by atoms with Gasteiger partial charge in [-0.15, -0.1) is 24.0 Å². The SMILES string of the molecule is CCOC(=O)NC(CNC(=NC)NCCc1ccc(Cl)cc1)C1CC1.I. The fourth-order valence-corrected chi connectivity index (χ4v) is 2.69. The molecule has 1 amide bonds. The van der Waals surface area contributed by atoms with Crippen LogP contribution >= 0.6 is 35.6 Å². The number of hydrogen-bond donors (Lipinski definition) is 3. The number of amides is 1. The lowest BCUT2D eigenvalue weighted by atomic mass is 10.1. The Morgan fingerprint density at radius 3 is 2.58 bits per heavy atom. The van der Waals surface area contributed by atoms with Crippen LogP contribution in [0.2, 0.25) is 5.02 Å². The number of rotatable bonds is 8. The molecule has 1 saturated carbocycles. The molecule has 6 nitrogen and oxygen atoms in total. The molecule has 0 spiro atoms. The zero-order valence-corrected chi connectivity index (χ0v) is 18.3. The van der Waals surface area contributed by atoms with Crippen LogP contribution in [0, 0.1) is 5.92 Å². The summed E-state index contributed by atoms with van der Waals surface area (Å²) in [6.45, 7) is 3.58. The maximum absolute atomic E-state index is 11.6. The molecule has 3 N–H and O–H groups in total. The van der Waals surface area contributed by atoms with Crippen molar-refractivity contribution in [3.8, 4) is 0 Å². The van der Waals surface area contributed by atoms with Crippen molar-refractivity contribution in [2.45, 2.75) is 32.2 Å². The molecule has 0 aromatic heterocycles. The van der Waals surface area contributed by atoms with Crippen LogP contribution in [-0.4, -0.2) is 44.8 Å². The number of nitrogens with one attached hydrogen (secondary N) is 3. The molecule has 0 aliphatic heterocycles. The molecule has 26 heavy (non-hydrogen) atoms. The molecule has 0 saturated heterocycles. The number of carbonyl (C=O) groups excluding carboxylic acids is 1. The topological polar surface area (TPSA) is 74.8 Å². The summed E-state index contributed by atoms with van der Waals surface area (Å²) >= 11 is 5.89. The van der Waals surface area contributed by atoms with Crippen LogP contribution in [0.5, 0.6) is 0 Å². The number of aliphatic imine (C=N–C) groups is 1. The fraction of sp³-hybridized carbons (Fsp3) is 0.556. The number of hydrogen-bond acceptors (Lipinski definition) is 3. The normalized spacial score (nSPS) is 14.8. The van der Waals surface area contributed by atoms with E-state index >= 15 is 0 Å². The van der Waals surface area contributed by atoms with Gasteiger partial charge in [0.2, 0.25) is 0 Å². The van der Waals surface area contributed by atoms with Gasteiger partial charge in [-0.25, -0.2) is 4.79 Å². The number of halogens is 2. The van der Waals surface area contributed by atoms with Gasteiger partial charge in [0.05, 0.1) is 12.6 Å². The Labute approximate surface area is 177 Å². The first kappa shape index (κ1) is 22.8. The molecule has 0 bridgehead atoms. The average molecular weight is 495 g/mol. The average Bonchev–Trinajstić information content (AvgIpc) is 3.43. The minimum Gasteiger partial charge on any atom is -0.450 e. The molecule has 1 aromatic rings. The van der Waals surface area contributed by atoms with Crippen molar-refractivity contribution in [1.29, 1.82) is 0 Å². The van der Waals surface area contributed by atoms with Crippen molar-refractivity contribution in [3.05, 3.63) is 34.9 Å². The number of ether oxygens (including phenoxy) is 1. The molecule has 1 aromatic carbocycles. The van der Waals surface area contributed by atoms with Crippen molar-refractivity contribution < 1.29 is 9.53 Å². The van der Waals surface area contributed by atoms with E-state index in [0.717, 1.165) is 36.8 Å². The van der Waals surface area contributed by atoms with E-state index in [-0.39, 0.29) is 36.1 Å². The van der Waals surface area contributed by atoms with Gasteiger partial charge in [0.25, 0.3) is 0 Å². The molecule has 1 fully saturated rings. The number of alkyl carbamates (subject to hydrolysis) is 1. The molecule has 1 aliphatic rings. The van der Waals surface area contributed by atoms with E-state index in [1.54, 1.807) is 14.0 Å². The highest BCUT2D eigenvalue weighted by Crippen LogP contribution is 2.32. The van der Waals surface area contributed by atoms with Gasteiger partial charge in [-0.05, 0) is 49.8 Å². The molecule has 0 radical (unpaired) electrons. The summed E-state index contributed by atoms with van der Waals surface area (Å²) in [4.78, 5) is 15.9. The van der Waals surface area contributed by atoms with E-state index in [2.05, 4.69) is 20.9 Å². The third-order valence-electron chi connectivity index (χ3n) is 4.10. The maximum atomic E-state index is 11.6. The van der Waals surface area contributed by atoms with Gasteiger partial charge < -0.3 is 20.7 Å². The van der Waals surface area contributed by atoms with Gasteiger partial charge in [0, 0.05) is 25.2 Å². The van der Waals surface area contributed by atoms with Gasteiger partial charge >= 0.3 is 6.09 Å². The first-order chi connectivity index (χ1) is 12.1. The lowest BCUT2D eigenvalue weighted by molar-refractivity contribution is 0.146. The summed E-state index contributed by atoms with van der Waals surface area (Å²) < 4.78 is 4.97. The molecule has 2 rings (SSSR count). The summed E-state index contributed by atoms with van der Waals surface area (Å²) in [5, 5.41) is 10.2. The highest BCUT2D eigenvalue weighted by molar-refractivity contribution is 14.0. The molecular weight excluding hydrogens is 467 g/mol. The molecule has 8 heteroatoms. The number of nitrogens with zero attached hydrogens (tertiary/aromatic N) is 1.